The van der Waals surface area contributed by atoms with E-state index >= 15 is 0 Å². The van der Waals surface area contributed by atoms with E-state index in [0.717, 1.165) is 0 Å². The topological polar surface area (TPSA) is 43.4 Å². The molecular weight excluding hydrogens is 231 g/mol. The third-order valence-electron chi connectivity index (χ3n) is 1.88. The third-order valence-corrected chi connectivity index (χ3v) is 2.61. The molecule has 0 aliphatic rings. The fraction of sp³-hybridized carbons (Fsp3) is 0.273. The summed E-state index contributed by atoms with van der Waals surface area (Å²) in [4.78, 5) is 23.2. The lowest BCUT2D eigenvalue weighted by molar-refractivity contribution is -0.137. The van der Waals surface area contributed by atoms with E-state index in [2.05, 4.69) is 4.74 Å². The summed E-state index contributed by atoms with van der Waals surface area (Å²) in [6.45, 7) is 1.67. The number of carbonyl (C=O) groups is 2. The highest BCUT2D eigenvalue weighted by atomic mass is 32.2. The first kappa shape index (κ1) is 12.7. The Morgan fingerprint density at radius 1 is 1.44 bits per heavy atom. The minimum atomic E-state index is -1.03. The molecule has 3 nitrogen and oxygen atoms in total. The van der Waals surface area contributed by atoms with Crippen LogP contribution in [0.1, 0.15) is 17.3 Å². The summed E-state index contributed by atoms with van der Waals surface area (Å²) < 4.78 is 18.0. The van der Waals surface area contributed by atoms with Crippen LogP contribution in [0, 0.1) is 5.82 Å². The molecule has 0 aliphatic heterocycles. The molecule has 0 saturated carbocycles. The van der Waals surface area contributed by atoms with Gasteiger partial charge in [0.15, 0.2) is 0 Å². The van der Waals surface area contributed by atoms with Crippen LogP contribution >= 0.6 is 11.8 Å². The van der Waals surface area contributed by atoms with E-state index in [4.69, 9.17) is 0 Å². The molecular formula is C11H11FO3S. The number of rotatable bonds is 4. The summed E-state index contributed by atoms with van der Waals surface area (Å²) in [5.41, 5.74) is -0.253. The van der Waals surface area contributed by atoms with E-state index in [9.17, 15) is 14.0 Å². The predicted octanol–water partition coefficient (Wildman–Crippen LogP) is 2.29. The van der Waals surface area contributed by atoms with Crippen molar-refractivity contribution in [3.63, 3.8) is 0 Å². The number of carbonyl (C=O) groups excluding carboxylic acids is 2. The molecule has 0 bridgehead atoms. The molecule has 0 unspecified atom stereocenters. The molecule has 86 valence electrons. The zero-order valence-electron chi connectivity index (χ0n) is 8.95. The molecule has 0 saturated heterocycles. The number of thioether (sulfide) groups is 1. The molecule has 0 heterocycles. The molecule has 1 rings (SSSR count). The van der Waals surface area contributed by atoms with E-state index < -0.39 is 17.6 Å². The molecule has 1 aromatic rings. The van der Waals surface area contributed by atoms with Gasteiger partial charge >= 0.3 is 5.97 Å². The van der Waals surface area contributed by atoms with Crippen LogP contribution in [0.25, 0.3) is 0 Å². The molecule has 16 heavy (non-hydrogen) atoms. The van der Waals surface area contributed by atoms with Crippen molar-refractivity contribution in [1.82, 2.24) is 0 Å². The number of Topliss-reactive ketones (excluding diaryl/α,β-unsaturated/α-hetero) is 1. The summed E-state index contributed by atoms with van der Waals surface area (Å²) in [6, 6.07) is 4.09. The molecule has 0 radical (unpaired) electrons. The van der Waals surface area contributed by atoms with Crippen LogP contribution in [0.15, 0.2) is 23.1 Å². The van der Waals surface area contributed by atoms with Crippen LogP contribution in [-0.2, 0) is 9.53 Å². The number of ether oxygens (including phenoxy) is 1. The number of ketones is 1. The molecule has 0 atom stereocenters. The minimum absolute atomic E-state index is 0.0923. The van der Waals surface area contributed by atoms with E-state index in [1.165, 1.54) is 23.9 Å². The fourth-order valence-corrected chi connectivity index (χ4v) is 1.54. The lowest BCUT2D eigenvalue weighted by Crippen LogP contribution is -2.18. The van der Waals surface area contributed by atoms with Gasteiger partial charge in [0.25, 0.3) is 5.78 Å². The molecule has 0 N–H and O–H groups in total. The Hall–Kier alpha value is -1.36. The molecule has 1 aromatic carbocycles. The molecule has 0 aromatic heterocycles. The first-order valence-electron chi connectivity index (χ1n) is 4.65. The van der Waals surface area contributed by atoms with Crippen molar-refractivity contribution in [2.75, 3.05) is 12.9 Å². The first-order valence-corrected chi connectivity index (χ1v) is 5.87. The number of hydrogen-bond donors (Lipinski definition) is 0. The van der Waals surface area contributed by atoms with Gasteiger partial charge in [-0.15, -0.1) is 11.8 Å². The number of hydrogen-bond acceptors (Lipinski definition) is 4. The van der Waals surface area contributed by atoms with E-state index in [-0.39, 0.29) is 12.2 Å². The fourth-order valence-electron chi connectivity index (χ4n) is 1.11. The van der Waals surface area contributed by atoms with Crippen LogP contribution < -0.4 is 0 Å². The number of esters is 1. The smallest absolute Gasteiger partial charge is 0.379 e. The molecule has 0 spiro atoms. The highest BCUT2D eigenvalue weighted by Crippen LogP contribution is 2.18. The van der Waals surface area contributed by atoms with Gasteiger partial charge in [-0.05, 0) is 31.4 Å². The van der Waals surface area contributed by atoms with Gasteiger partial charge in [0, 0.05) is 4.90 Å². The lowest BCUT2D eigenvalue weighted by Gasteiger charge is -2.03. The van der Waals surface area contributed by atoms with Crippen molar-refractivity contribution in [2.24, 2.45) is 0 Å². The number of halogens is 1. The van der Waals surface area contributed by atoms with Crippen molar-refractivity contribution in [1.29, 1.82) is 0 Å². The summed E-state index contributed by atoms with van der Waals surface area (Å²) in [6.07, 6.45) is 1.79. The Bertz CT molecular complexity index is 418. The highest BCUT2D eigenvalue weighted by molar-refractivity contribution is 7.98. The summed E-state index contributed by atoms with van der Waals surface area (Å²) in [5.74, 6) is -2.68. The Balaban J connectivity index is 2.96. The third kappa shape index (κ3) is 2.82. The van der Waals surface area contributed by atoms with Crippen LogP contribution in [0.4, 0.5) is 4.39 Å². The van der Waals surface area contributed by atoms with Crippen molar-refractivity contribution in [2.45, 2.75) is 11.8 Å². The monoisotopic (exact) mass is 242 g/mol. The second kappa shape index (κ2) is 5.65. The highest BCUT2D eigenvalue weighted by Gasteiger charge is 2.21. The van der Waals surface area contributed by atoms with Gasteiger partial charge in [0.1, 0.15) is 5.82 Å². The van der Waals surface area contributed by atoms with Gasteiger partial charge in [-0.1, -0.05) is 0 Å². The predicted molar refractivity (Wildman–Crippen MR) is 59.1 cm³/mol. The average Bonchev–Trinajstić information content (AvgIpc) is 2.28. The van der Waals surface area contributed by atoms with Crippen LogP contribution in [-0.4, -0.2) is 24.6 Å². The largest absolute Gasteiger partial charge is 0.460 e. The molecule has 0 aliphatic carbocycles. The molecule has 5 heteroatoms. The Labute approximate surface area is 97.0 Å². The standard InChI is InChI=1S/C11H11FO3S/c1-3-15-11(14)10(13)8-5-4-7(16-2)6-9(8)12/h4-6H,3H2,1-2H3. The minimum Gasteiger partial charge on any atom is -0.460 e. The van der Waals surface area contributed by atoms with Crippen LogP contribution in [0.5, 0.6) is 0 Å². The second-order valence-corrected chi connectivity index (χ2v) is 3.78. The van der Waals surface area contributed by atoms with Crippen molar-refractivity contribution >= 4 is 23.5 Å². The van der Waals surface area contributed by atoms with Gasteiger partial charge in [0.2, 0.25) is 0 Å². The maximum Gasteiger partial charge on any atom is 0.379 e. The summed E-state index contributed by atoms with van der Waals surface area (Å²) >= 11 is 1.35. The maximum absolute atomic E-state index is 13.4. The SMILES string of the molecule is CCOC(=O)C(=O)c1ccc(SC)cc1F. The number of benzene rings is 1. The van der Waals surface area contributed by atoms with Crippen molar-refractivity contribution < 1.29 is 18.7 Å². The van der Waals surface area contributed by atoms with Gasteiger partial charge in [-0.3, -0.25) is 4.79 Å². The van der Waals surface area contributed by atoms with E-state index in [1.807, 2.05) is 0 Å². The quantitative estimate of drug-likeness (QED) is 0.351. The van der Waals surface area contributed by atoms with Gasteiger partial charge in [-0.2, -0.15) is 0 Å². The van der Waals surface area contributed by atoms with Crippen LogP contribution in [0.2, 0.25) is 0 Å². The Morgan fingerprint density at radius 2 is 2.12 bits per heavy atom. The average molecular weight is 242 g/mol. The molecule has 0 amide bonds. The zero-order valence-corrected chi connectivity index (χ0v) is 9.77. The van der Waals surface area contributed by atoms with Gasteiger partial charge in [0.05, 0.1) is 12.2 Å². The van der Waals surface area contributed by atoms with E-state index in [1.54, 1.807) is 19.2 Å². The van der Waals surface area contributed by atoms with Gasteiger partial charge in [-0.25, -0.2) is 9.18 Å². The molecule has 0 fully saturated rings. The van der Waals surface area contributed by atoms with Gasteiger partial charge < -0.3 is 4.74 Å². The Morgan fingerprint density at radius 3 is 2.62 bits per heavy atom. The summed E-state index contributed by atoms with van der Waals surface area (Å²) in [7, 11) is 0. The lowest BCUT2D eigenvalue weighted by atomic mass is 10.1. The van der Waals surface area contributed by atoms with Crippen molar-refractivity contribution in [3.05, 3.63) is 29.6 Å². The van der Waals surface area contributed by atoms with Crippen LogP contribution in [0.3, 0.4) is 0 Å². The van der Waals surface area contributed by atoms with Crippen molar-refractivity contribution in [3.8, 4) is 0 Å². The first-order chi connectivity index (χ1) is 7.60. The van der Waals surface area contributed by atoms with E-state index in [0.29, 0.717) is 4.90 Å². The zero-order chi connectivity index (χ0) is 12.1. The maximum atomic E-state index is 13.4. The summed E-state index contributed by atoms with van der Waals surface area (Å²) in [5, 5.41) is 0. The normalized spacial score (nSPS) is 9.94. The second-order valence-electron chi connectivity index (χ2n) is 2.90. The Kier molecular flexibility index (Phi) is 4.49.